The average Bonchev–Trinajstić information content (AvgIpc) is 3.52. The van der Waals surface area contributed by atoms with E-state index in [9.17, 15) is 14.4 Å². The first-order valence-corrected chi connectivity index (χ1v) is 11.4. The number of carbonyl (C=O) groups excluding carboxylic acids is 3. The van der Waals surface area contributed by atoms with Crippen molar-refractivity contribution in [3.8, 4) is 0 Å². The minimum absolute atomic E-state index is 0.107. The van der Waals surface area contributed by atoms with E-state index in [2.05, 4.69) is 26.6 Å². The second-order valence-electron chi connectivity index (χ2n) is 7.16. The summed E-state index contributed by atoms with van der Waals surface area (Å²) in [6.07, 6.45) is 1.96. The van der Waals surface area contributed by atoms with Crippen LogP contribution in [-0.4, -0.2) is 36.2 Å². The van der Waals surface area contributed by atoms with Gasteiger partial charge in [-0.1, -0.05) is 28.1 Å². The maximum Gasteiger partial charge on any atom is 0.316 e. The maximum absolute atomic E-state index is 12.3. The highest BCUT2D eigenvalue weighted by atomic mass is 79.9. The van der Waals surface area contributed by atoms with Crippen molar-refractivity contribution in [2.24, 2.45) is 0 Å². The molecule has 30 heavy (non-hydrogen) atoms. The van der Waals surface area contributed by atoms with Crippen molar-refractivity contribution in [3.63, 3.8) is 0 Å². The summed E-state index contributed by atoms with van der Waals surface area (Å²) in [5.74, 6) is -1.08. The molecule has 2 aromatic rings. The van der Waals surface area contributed by atoms with E-state index >= 15 is 0 Å². The molecule has 6 nitrogen and oxygen atoms in total. The van der Waals surface area contributed by atoms with E-state index in [0.717, 1.165) is 33.3 Å². The van der Waals surface area contributed by atoms with Gasteiger partial charge in [0.15, 0.2) is 6.61 Å². The molecule has 0 aromatic heterocycles. The molecule has 1 aliphatic carbocycles. The van der Waals surface area contributed by atoms with Gasteiger partial charge in [0.25, 0.3) is 11.8 Å². The first kappa shape index (κ1) is 22.4. The Morgan fingerprint density at radius 3 is 2.60 bits per heavy atom. The Kier molecular flexibility index (Phi) is 7.55. The number of anilines is 1. The van der Waals surface area contributed by atoms with Crippen LogP contribution in [0.2, 0.25) is 0 Å². The van der Waals surface area contributed by atoms with E-state index in [4.69, 9.17) is 4.74 Å². The van der Waals surface area contributed by atoms with E-state index < -0.39 is 18.5 Å². The van der Waals surface area contributed by atoms with E-state index in [1.54, 1.807) is 24.3 Å². The fraction of sp³-hybridized carbons (Fsp3) is 0.318. The molecule has 1 aliphatic rings. The molecule has 0 radical (unpaired) electrons. The molecule has 2 aromatic carbocycles. The second kappa shape index (κ2) is 10.1. The molecule has 0 saturated heterocycles. The molecule has 0 spiro atoms. The summed E-state index contributed by atoms with van der Waals surface area (Å²) in [4.78, 5) is 37.5. The van der Waals surface area contributed by atoms with Gasteiger partial charge in [-0.25, -0.2) is 0 Å². The molecular weight excluding hydrogens is 468 g/mol. The van der Waals surface area contributed by atoms with Gasteiger partial charge in [-0.05, 0) is 62.1 Å². The van der Waals surface area contributed by atoms with Crippen molar-refractivity contribution in [2.45, 2.75) is 37.6 Å². The first-order valence-electron chi connectivity index (χ1n) is 9.58. The predicted octanol–water partition coefficient (Wildman–Crippen LogP) is 4.23. The summed E-state index contributed by atoms with van der Waals surface area (Å²) in [6.45, 7) is 3.55. The lowest BCUT2D eigenvalue weighted by Crippen LogP contribution is -2.28. The number of halogens is 1. The Morgan fingerprint density at radius 1 is 1.13 bits per heavy atom. The summed E-state index contributed by atoms with van der Waals surface area (Å²) in [5, 5.41) is 5.54. The average molecular weight is 491 g/mol. The number of carbonyl (C=O) groups is 3. The van der Waals surface area contributed by atoms with Crippen LogP contribution in [0.1, 0.15) is 34.3 Å². The van der Waals surface area contributed by atoms with Crippen molar-refractivity contribution >= 4 is 51.2 Å². The van der Waals surface area contributed by atoms with Gasteiger partial charge < -0.3 is 15.4 Å². The lowest BCUT2D eigenvalue weighted by molar-refractivity contribution is -0.144. The van der Waals surface area contributed by atoms with Crippen LogP contribution in [0.5, 0.6) is 0 Å². The number of amides is 2. The van der Waals surface area contributed by atoms with E-state index in [1.165, 1.54) is 11.8 Å². The van der Waals surface area contributed by atoms with Crippen LogP contribution < -0.4 is 10.6 Å². The molecule has 3 rings (SSSR count). The monoisotopic (exact) mass is 490 g/mol. The van der Waals surface area contributed by atoms with Gasteiger partial charge in [-0.2, -0.15) is 0 Å². The normalized spacial score (nSPS) is 12.9. The molecule has 8 heteroatoms. The Balaban J connectivity index is 1.48. The summed E-state index contributed by atoms with van der Waals surface area (Å²) in [5.41, 5.74) is 2.93. The highest BCUT2D eigenvalue weighted by Crippen LogP contribution is 2.28. The van der Waals surface area contributed by atoms with E-state index in [0.29, 0.717) is 11.3 Å². The maximum atomic E-state index is 12.3. The summed E-state index contributed by atoms with van der Waals surface area (Å²) in [6, 6.07) is 11.0. The third-order valence-electron chi connectivity index (χ3n) is 4.52. The number of rotatable bonds is 8. The van der Waals surface area contributed by atoms with Crippen molar-refractivity contribution in [2.75, 3.05) is 17.7 Å². The van der Waals surface area contributed by atoms with Crippen LogP contribution in [0.4, 0.5) is 5.69 Å². The van der Waals surface area contributed by atoms with Crippen LogP contribution in [0.3, 0.4) is 0 Å². The van der Waals surface area contributed by atoms with Gasteiger partial charge in [0.2, 0.25) is 0 Å². The first-order chi connectivity index (χ1) is 14.3. The zero-order valence-corrected chi connectivity index (χ0v) is 19.2. The number of ether oxygens (including phenoxy) is 1. The Morgan fingerprint density at radius 2 is 1.87 bits per heavy atom. The Bertz CT molecular complexity index is 976. The van der Waals surface area contributed by atoms with Crippen molar-refractivity contribution < 1.29 is 19.1 Å². The third kappa shape index (κ3) is 6.34. The summed E-state index contributed by atoms with van der Waals surface area (Å²) < 4.78 is 6.11. The molecular formula is C22H23BrN2O4S. The number of esters is 1. The molecule has 0 bridgehead atoms. The van der Waals surface area contributed by atoms with E-state index in [1.807, 2.05) is 26.0 Å². The third-order valence-corrected chi connectivity index (χ3v) is 6.51. The van der Waals surface area contributed by atoms with Crippen LogP contribution in [-0.2, 0) is 14.3 Å². The fourth-order valence-electron chi connectivity index (χ4n) is 2.70. The number of thioether (sulfide) groups is 1. The number of benzene rings is 2. The SMILES string of the molecule is Cc1cc(SCC(=O)OCC(=O)Nc2ccccc2C(=O)NC2CC2)c(C)cc1Br. The van der Waals surface area contributed by atoms with E-state index in [-0.39, 0.29) is 17.7 Å². The lowest BCUT2D eigenvalue weighted by atomic mass is 10.1. The highest BCUT2D eigenvalue weighted by Gasteiger charge is 2.25. The topological polar surface area (TPSA) is 84.5 Å². The molecule has 2 N–H and O–H groups in total. The Labute approximate surface area is 188 Å². The fourth-order valence-corrected chi connectivity index (χ4v) is 4.06. The largest absolute Gasteiger partial charge is 0.455 e. The number of hydrogen-bond acceptors (Lipinski definition) is 5. The van der Waals surface area contributed by atoms with Crippen LogP contribution >= 0.6 is 27.7 Å². The van der Waals surface area contributed by atoms with Gasteiger partial charge in [-0.15, -0.1) is 11.8 Å². The van der Waals surface area contributed by atoms with Gasteiger partial charge in [0.1, 0.15) is 0 Å². The molecule has 158 valence electrons. The van der Waals surface area contributed by atoms with Crippen LogP contribution in [0.15, 0.2) is 45.8 Å². The van der Waals surface area contributed by atoms with Crippen LogP contribution in [0, 0.1) is 13.8 Å². The summed E-state index contributed by atoms with van der Waals surface area (Å²) in [7, 11) is 0. The van der Waals surface area contributed by atoms with Crippen molar-refractivity contribution in [1.82, 2.24) is 5.32 Å². The molecule has 0 heterocycles. The highest BCUT2D eigenvalue weighted by molar-refractivity contribution is 9.10. The van der Waals surface area contributed by atoms with Gasteiger partial charge >= 0.3 is 5.97 Å². The van der Waals surface area contributed by atoms with Crippen molar-refractivity contribution in [3.05, 3.63) is 57.6 Å². The zero-order valence-electron chi connectivity index (χ0n) is 16.8. The molecule has 1 saturated carbocycles. The second-order valence-corrected chi connectivity index (χ2v) is 9.03. The smallest absolute Gasteiger partial charge is 0.316 e. The number of para-hydroxylation sites is 1. The van der Waals surface area contributed by atoms with Gasteiger partial charge in [0, 0.05) is 15.4 Å². The zero-order chi connectivity index (χ0) is 21.7. The quantitative estimate of drug-likeness (QED) is 0.427. The molecule has 0 aliphatic heterocycles. The van der Waals surface area contributed by atoms with Crippen molar-refractivity contribution in [1.29, 1.82) is 0 Å². The standard InChI is InChI=1S/C22H23BrN2O4S/c1-13-10-19(14(2)9-17(13)23)30-12-21(27)29-11-20(26)25-18-6-4-3-5-16(18)22(28)24-15-7-8-15/h3-6,9-10,15H,7-8,11-12H2,1-2H3,(H,24,28)(H,25,26). The van der Waals surface area contributed by atoms with Gasteiger partial charge in [-0.3, -0.25) is 14.4 Å². The minimum atomic E-state index is -0.490. The predicted molar refractivity (Wildman–Crippen MR) is 121 cm³/mol. The van der Waals surface area contributed by atoms with Crippen LogP contribution in [0.25, 0.3) is 0 Å². The number of aryl methyl sites for hydroxylation is 2. The Hall–Kier alpha value is -2.32. The molecule has 1 fully saturated rings. The minimum Gasteiger partial charge on any atom is -0.455 e. The summed E-state index contributed by atoms with van der Waals surface area (Å²) >= 11 is 4.86. The molecule has 0 atom stereocenters. The van der Waals surface area contributed by atoms with Gasteiger partial charge in [0.05, 0.1) is 17.0 Å². The number of nitrogens with one attached hydrogen (secondary N) is 2. The number of hydrogen-bond donors (Lipinski definition) is 2. The molecule has 0 unspecified atom stereocenters. The molecule has 2 amide bonds. The lowest BCUT2D eigenvalue weighted by Gasteiger charge is -2.12.